The van der Waals surface area contributed by atoms with E-state index in [2.05, 4.69) is 108 Å². The van der Waals surface area contributed by atoms with Crippen molar-refractivity contribution in [2.24, 2.45) is 16.2 Å². The molecule has 0 atom stereocenters. The SMILES string of the molecule is CC(C)(C)Cc1cc2c3c(c1)-n1c(CC(C)(C)C)nc4cc5c6c(c41)B3c1c3c(cc4nc(CC(C)(C)C)n-2c14)C1(CCCCC1)c1ccc(c-6c1-3)C51CCCCC1. The summed E-state index contributed by atoms with van der Waals surface area (Å²) in [6.45, 7) is 21.7. The minimum atomic E-state index is 0.0662. The number of hydrogen-bond acceptors (Lipinski definition) is 2. The second kappa shape index (κ2) is 10.6. The lowest BCUT2D eigenvalue weighted by Gasteiger charge is -2.38. The Morgan fingerprint density at radius 3 is 1.31 bits per heavy atom. The van der Waals surface area contributed by atoms with Crippen LogP contribution in [-0.4, -0.2) is 25.8 Å². The van der Waals surface area contributed by atoms with Crippen LogP contribution >= 0.6 is 0 Å². The number of rotatable bonds is 3. The van der Waals surface area contributed by atoms with E-state index in [1.807, 2.05) is 0 Å². The first kappa shape index (κ1) is 34.7. The van der Waals surface area contributed by atoms with Gasteiger partial charge in [-0.05, 0) is 139 Å². The fraction of sp³-hybridized carbons (Fsp3) is 0.509. The summed E-state index contributed by atoms with van der Waals surface area (Å²) in [7, 11) is 0. The van der Waals surface area contributed by atoms with Crippen LogP contribution in [-0.2, 0) is 30.1 Å². The highest BCUT2D eigenvalue weighted by molar-refractivity contribution is 7.02. The number of imidazole rings is 2. The summed E-state index contributed by atoms with van der Waals surface area (Å²) in [4.78, 5) is 11.6. The van der Waals surface area contributed by atoms with Gasteiger partial charge in [-0.3, -0.25) is 9.13 Å². The van der Waals surface area contributed by atoms with Crippen molar-refractivity contribution < 1.29 is 0 Å². The van der Waals surface area contributed by atoms with Gasteiger partial charge in [-0.15, -0.1) is 0 Å². The van der Waals surface area contributed by atoms with Crippen molar-refractivity contribution in [3.05, 3.63) is 75.9 Å². The van der Waals surface area contributed by atoms with Crippen LogP contribution in [0.4, 0.5) is 0 Å². The molecule has 2 spiro atoms. The van der Waals surface area contributed by atoms with Gasteiger partial charge in [0.25, 0.3) is 6.71 Å². The van der Waals surface area contributed by atoms with Crippen LogP contribution in [0.1, 0.15) is 166 Å². The second-order valence-electron chi connectivity index (χ2n) is 23.8. The molecule has 3 aliphatic heterocycles. The zero-order valence-corrected chi connectivity index (χ0v) is 36.5. The van der Waals surface area contributed by atoms with Crippen molar-refractivity contribution >= 4 is 45.2 Å². The fourth-order valence-corrected chi connectivity index (χ4v) is 14.3. The third-order valence-corrected chi connectivity index (χ3v) is 15.9. The van der Waals surface area contributed by atoms with Crippen LogP contribution in [0, 0.1) is 16.2 Å². The molecule has 7 aliphatic rings. The second-order valence-corrected chi connectivity index (χ2v) is 23.8. The molecule has 4 nitrogen and oxygen atoms in total. The van der Waals surface area contributed by atoms with E-state index in [-0.39, 0.29) is 33.8 Å². The Morgan fingerprint density at radius 1 is 0.500 bits per heavy atom. The average molecular weight is 763 g/mol. The Morgan fingerprint density at radius 2 is 0.914 bits per heavy atom. The number of hydrogen-bond donors (Lipinski definition) is 0. The van der Waals surface area contributed by atoms with Gasteiger partial charge in [0.2, 0.25) is 0 Å². The highest BCUT2D eigenvalue weighted by Gasteiger charge is 2.57. The molecule has 294 valence electrons. The van der Waals surface area contributed by atoms with Gasteiger partial charge in [0.1, 0.15) is 11.6 Å². The van der Waals surface area contributed by atoms with Gasteiger partial charge in [-0.1, -0.05) is 113 Å². The minimum absolute atomic E-state index is 0.0662. The quantitative estimate of drug-likeness (QED) is 0.168. The van der Waals surface area contributed by atoms with Crippen molar-refractivity contribution in [1.29, 1.82) is 0 Å². The molecular weight excluding hydrogens is 703 g/mol. The Balaban J connectivity index is 1.29. The summed E-state index contributed by atoms with van der Waals surface area (Å²) in [6.07, 6.45) is 15.8. The molecule has 2 aromatic heterocycles. The van der Waals surface area contributed by atoms with E-state index < -0.39 is 0 Å². The molecular formula is C53H59BN4. The fourth-order valence-electron chi connectivity index (χ4n) is 14.3. The molecule has 0 saturated heterocycles. The minimum Gasteiger partial charge on any atom is -0.297 e. The molecule has 0 N–H and O–H groups in total. The Labute approximate surface area is 345 Å². The Kier molecular flexibility index (Phi) is 6.35. The average Bonchev–Trinajstić information content (AvgIpc) is 3.81. The molecule has 58 heavy (non-hydrogen) atoms. The van der Waals surface area contributed by atoms with E-state index in [4.69, 9.17) is 9.97 Å². The van der Waals surface area contributed by atoms with Crippen LogP contribution in [0.15, 0.2) is 36.4 Å². The zero-order valence-electron chi connectivity index (χ0n) is 36.5. The molecule has 6 aromatic rings. The molecule has 5 heteroatoms. The number of aromatic nitrogens is 4. The van der Waals surface area contributed by atoms with Crippen molar-refractivity contribution in [1.82, 2.24) is 19.1 Å². The molecule has 4 aromatic carbocycles. The molecule has 2 saturated carbocycles. The van der Waals surface area contributed by atoms with Gasteiger partial charge in [-0.25, -0.2) is 9.97 Å². The first-order valence-corrected chi connectivity index (χ1v) is 23.1. The summed E-state index contributed by atoms with van der Waals surface area (Å²) in [5, 5.41) is 0. The van der Waals surface area contributed by atoms with Gasteiger partial charge < -0.3 is 0 Å². The lowest BCUT2D eigenvalue weighted by molar-refractivity contribution is 0.349. The molecule has 5 heterocycles. The van der Waals surface area contributed by atoms with E-state index in [0.29, 0.717) is 0 Å². The predicted octanol–water partition coefficient (Wildman–Crippen LogP) is 11.0. The molecule has 0 unspecified atom stereocenters. The van der Waals surface area contributed by atoms with E-state index in [1.54, 1.807) is 55.4 Å². The first-order valence-electron chi connectivity index (χ1n) is 23.1. The van der Waals surface area contributed by atoms with Crippen molar-refractivity contribution in [3.8, 4) is 33.6 Å². The molecule has 13 rings (SSSR count). The highest BCUT2D eigenvalue weighted by Crippen LogP contribution is 2.65. The Bertz CT molecular complexity index is 2700. The van der Waals surface area contributed by atoms with Crippen LogP contribution in [0.5, 0.6) is 0 Å². The summed E-state index contributed by atoms with van der Waals surface area (Å²) >= 11 is 0. The van der Waals surface area contributed by atoms with Crippen LogP contribution in [0.25, 0.3) is 55.7 Å². The summed E-state index contributed by atoms with van der Waals surface area (Å²) in [5.74, 6) is 2.46. The largest absolute Gasteiger partial charge is 0.297 e. The van der Waals surface area contributed by atoms with Gasteiger partial charge in [-0.2, -0.15) is 0 Å². The molecule has 0 amide bonds. The zero-order chi connectivity index (χ0) is 39.6. The normalized spacial score (nSPS) is 19.6. The number of fused-ring (bicyclic) bond motifs is 6. The lowest BCUT2D eigenvalue weighted by atomic mass is 9.33. The maximum atomic E-state index is 5.82. The first-order chi connectivity index (χ1) is 27.6. The predicted molar refractivity (Wildman–Crippen MR) is 242 cm³/mol. The van der Waals surface area contributed by atoms with E-state index >= 15 is 0 Å². The van der Waals surface area contributed by atoms with Crippen LogP contribution in [0.3, 0.4) is 0 Å². The van der Waals surface area contributed by atoms with Crippen LogP contribution in [0.2, 0.25) is 0 Å². The van der Waals surface area contributed by atoms with Crippen molar-refractivity contribution in [3.63, 3.8) is 0 Å². The van der Waals surface area contributed by atoms with Gasteiger partial charge in [0.05, 0.1) is 22.1 Å². The number of nitrogens with zero attached hydrogens (tertiary/aromatic N) is 4. The standard InChI is InChI=1S/C53H59BN4/c1-49(2,3)26-29-22-36-44-37(23-29)58-39(28-51(7,8)9)56-35-25-33-43-41-31(53(33)20-14-11-15-21-53)17-16-30-40(41)42-32(52(30)18-12-10-13-19-52)24-34-47(45(42)54(44)46(43)48(35)58)57(36)38(55-34)27-50(4,5)6/h16-17,22-25H,10-15,18-21,26-28H2,1-9H3. The molecule has 0 bridgehead atoms. The third kappa shape index (κ3) is 4.15. The van der Waals surface area contributed by atoms with Crippen molar-refractivity contribution in [2.75, 3.05) is 0 Å². The molecule has 2 fully saturated rings. The smallest absolute Gasteiger partial charge is 0.254 e. The van der Waals surface area contributed by atoms with E-state index in [9.17, 15) is 0 Å². The van der Waals surface area contributed by atoms with Crippen LogP contribution < -0.4 is 16.4 Å². The highest BCUT2D eigenvalue weighted by atomic mass is 15.1. The van der Waals surface area contributed by atoms with Gasteiger partial charge >= 0.3 is 0 Å². The maximum Gasteiger partial charge on any atom is 0.254 e. The molecule has 0 radical (unpaired) electrons. The monoisotopic (exact) mass is 762 g/mol. The van der Waals surface area contributed by atoms with E-state index in [0.717, 1.165) is 19.3 Å². The topological polar surface area (TPSA) is 35.6 Å². The third-order valence-electron chi connectivity index (χ3n) is 15.9. The summed E-state index contributed by atoms with van der Waals surface area (Å²) < 4.78 is 5.41. The van der Waals surface area contributed by atoms with Crippen molar-refractivity contribution in [2.45, 2.75) is 157 Å². The van der Waals surface area contributed by atoms with Gasteiger partial charge in [0.15, 0.2) is 0 Å². The summed E-state index contributed by atoms with van der Waals surface area (Å²) in [5.41, 5.74) is 27.5. The number of benzene rings is 4. The van der Waals surface area contributed by atoms with E-state index in [1.165, 1.54) is 120 Å². The maximum absolute atomic E-state index is 5.82. The van der Waals surface area contributed by atoms with Gasteiger partial charge in [0, 0.05) is 35.0 Å². The lowest BCUT2D eigenvalue weighted by Crippen LogP contribution is -2.60. The molecule has 4 aliphatic carbocycles. The Hall–Kier alpha value is -4.12. The summed E-state index contributed by atoms with van der Waals surface area (Å²) in [6, 6.07) is 15.9.